The molecule has 0 spiro atoms. The molecule has 3 rings (SSSR count). The number of pyridine rings is 1. The van der Waals surface area contributed by atoms with Crippen LogP contribution < -0.4 is 5.32 Å². The van der Waals surface area contributed by atoms with E-state index in [0.29, 0.717) is 18.6 Å². The summed E-state index contributed by atoms with van der Waals surface area (Å²) in [6, 6.07) is 3.69. The molecule has 3 heterocycles. The Morgan fingerprint density at radius 3 is 3.23 bits per heavy atom. The van der Waals surface area contributed by atoms with Crippen LogP contribution in [-0.4, -0.2) is 48.1 Å². The molecule has 3 atom stereocenters. The molecule has 0 radical (unpaired) electrons. The summed E-state index contributed by atoms with van der Waals surface area (Å²) in [6.45, 7) is 6.10. The number of piperidine rings is 1. The highest BCUT2D eigenvalue weighted by Gasteiger charge is 2.37. The fourth-order valence-electron chi connectivity index (χ4n) is 3.59. The third-order valence-corrected chi connectivity index (χ3v) is 4.69. The van der Waals surface area contributed by atoms with Crippen molar-refractivity contribution in [2.75, 3.05) is 31.6 Å². The van der Waals surface area contributed by atoms with E-state index < -0.39 is 0 Å². The maximum atomic E-state index is 12.4. The van der Waals surface area contributed by atoms with Crippen molar-refractivity contribution in [3.63, 3.8) is 0 Å². The number of rotatable bonds is 4. The molecule has 0 saturated carbocycles. The molecular formula is C17H25N3O2. The topological polar surface area (TPSA) is 54.5 Å². The van der Waals surface area contributed by atoms with E-state index in [0.717, 1.165) is 38.2 Å². The average Bonchev–Trinajstić information content (AvgIpc) is 2.55. The summed E-state index contributed by atoms with van der Waals surface area (Å²) in [7, 11) is 0. The van der Waals surface area contributed by atoms with Crippen LogP contribution in [0.4, 0.5) is 5.69 Å². The Morgan fingerprint density at radius 1 is 1.55 bits per heavy atom. The zero-order chi connectivity index (χ0) is 15.4. The Balaban J connectivity index is 1.56. The minimum Gasteiger partial charge on any atom is -0.377 e. The number of carbonyl (C=O) groups is 1. The molecule has 2 fully saturated rings. The van der Waals surface area contributed by atoms with Crippen molar-refractivity contribution in [1.29, 1.82) is 0 Å². The molecule has 2 saturated heterocycles. The number of nitrogens with one attached hydrogen (secondary N) is 1. The first-order chi connectivity index (χ1) is 10.8. The minimum atomic E-state index is -0.0527. The lowest BCUT2D eigenvalue weighted by Crippen LogP contribution is -2.49. The van der Waals surface area contributed by atoms with E-state index in [-0.39, 0.29) is 11.8 Å². The van der Waals surface area contributed by atoms with E-state index in [4.69, 9.17) is 4.74 Å². The van der Waals surface area contributed by atoms with E-state index in [1.54, 1.807) is 12.4 Å². The molecular weight excluding hydrogens is 278 g/mol. The van der Waals surface area contributed by atoms with Gasteiger partial charge in [0.1, 0.15) is 0 Å². The molecule has 1 aromatic heterocycles. The second-order valence-corrected chi connectivity index (χ2v) is 6.38. The number of likely N-dealkylation sites (tertiary alicyclic amines) is 1. The van der Waals surface area contributed by atoms with E-state index in [2.05, 4.69) is 22.1 Å². The predicted molar refractivity (Wildman–Crippen MR) is 85.6 cm³/mol. The summed E-state index contributed by atoms with van der Waals surface area (Å²) in [4.78, 5) is 18.9. The maximum absolute atomic E-state index is 12.4. The van der Waals surface area contributed by atoms with Crippen LogP contribution in [0.5, 0.6) is 0 Å². The zero-order valence-corrected chi connectivity index (χ0v) is 13.2. The van der Waals surface area contributed by atoms with Crippen LogP contribution in [-0.2, 0) is 9.53 Å². The van der Waals surface area contributed by atoms with Crippen molar-refractivity contribution in [2.24, 2.45) is 11.8 Å². The highest BCUT2D eigenvalue weighted by atomic mass is 16.5. The predicted octanol–water partition coefficient (Wildman–Crippen LogP) is 2.16. The van der Waals surface area contributed by atoms with Gasteiger partial charge in [-0.15, -0.1) is 0 Å². The van der Waals surface area contributed by atoms with E-state index in [1.165, 1.54) is 6.42 Å². The lowest BCUT2D eigenvalue weighted by molar-refractivity contribution is -0.134. The third-order valence-electron chi connectivity index (χ3n) is 4.69. The second kappa shape index (κ2) is 7.20. The first kappa shape index (κ1) is 15.4. The molecule has 1 N–H and O–H groups in total. The summed E-state index contributed by atoms with van der Waals surface area (Å²) in [6.07, 6.45) is 6.93. The Morgan fingerprint density at radius 2 is 2.45 bits per heavy atom. The molecule has 5 nitrogen and oxygen atoms in total. The van der Waals surface area contributed by atoms with Gasteiger partial charge in [-0.25, -0.2) is 0 Å². The Labute approximate surface area is 132 Å². The van der Waals surface area contributed by atoms with Crippen LogP contribution in [0, 0.1) is 11.8 Å². The van der Waals surface area contributed by atoms with Crippen molar-refractivity contribution in [2.45, 2.75) is 32.3 Å². The van der Waals surface area contributed by atoms with Gasteiger partial charge in [-0.2, -0.15) is 0 Å². The van der Waals surface area contributed by atoms with Gasteiger partial charge in [0.15, 0.2) is 0 Å². The quantitative estimate of drug-likeness (QED) is 0.926. The summed E-state index contributed by atoms with van der Waals surface area (Å²) < 4.78 is 5.98. The van der Waals surface area contributed by atoms with Crippen LogP contribution >= 0.6 is 0 Å². The van der Waals surface area contributed by atoms with Crippen molar-refractivity contribution < 1.29 is 9.53 Å². The normalized spacial score (nSPS) is 28.9. The fourth-order valence-corrected chi connectivity index (χ4v) is 3.59. The highest BCUT2D eigenvalue weighted by molar-refractivity contribution is 5.92. The standard InChI is InChI=1S/C17H25N3O2/c1-2-7-20-8-5-16-13(11-20)9-14(12-22-16)17(21)19-15-4-3-6-18-10-15/h3-4,6,10,13-14,16H,2,5,7-9,11-12H2,1H3,(H,19,21)/t13-,14-,16+/m1/s1. The Kier molecular flexibility index (Phi) is 5.05. The van der Waals surface area contributed by atoms with Crippen molar-refractivity contribution >= 4 is 11.6 Å². The highest BCUT2D eigenvalue weighted by Crippen LogP contribution is 2.31. The zero-order valence-electron chi connectivity index (χ0n) is 13.2. The van der Waals surface area contributed by atoms with Gasteiger partial charge < -0.3 is 15.0 Å². The smallest absolute Gasteiger partial charge is 0.229 e. The number of hydrogen-bond acceptors (Lipinski definition) is 4. The number of carbonyl (C=O) groups excluding carboxylic acids is 1. The summed E-state index contributed by atoms with van der Waals surface area (Å²) in [5, 5.41) is 2.95. The molecule has 0 bridgehead atoms. The van der Waals surface area contributed by atoms with E-state index >= 15 is 0 Å². The summed E-state index contributed by atoms with van der Waals surface area (Å²) >= 11 is 0. The molecule has 2 aliphatic heterocycles. The van der Waals surface area contributed by atoms with E-state index in [9.17, 15) is 4.79 Å². The van der Waals surface area contributed by atoms with Gasteiger partial charge in [0.25, 0.3) is 0 Å². The Bertz CT molecular complexity index is 494. The SMILES string of the molecule is CCCN1CC[C@@H]2OC[C@H](C(=O)Nc3cccnc3)C[C@@H]2C1. The first-order valence-electron chi connectivity index (χ1n) is 8.31. The summed E-state index contributed by atoms with van der Waals surface area (Å²) in [5.41, 5.74) is 0.755. The molecule has 22 heavy (non-hydrogen) atoms. The van der Waals surface area contributed by atoms with E-state index in [1.807, 2.05) is 12.1 Å². The van der Waals surface area contributed by atoms with Gasteiger partial charge in [0, 0.05) is 19.3 Å². The number of ether oxygens (including phenoxy) is 1. The Hall–Kier alpha value is -1.46. The molecule has 0 aromatic carbocycles. The van der Waals surface area contributed by atoms with Gasteiger partial charge in [0.05, 0.1) is 30.5 Å². The van der Waals surface area contributed by atoms with Crippen molar-refractivity contribution in [1.82, 2.24) is 9.88 Å². The monoisotopic (exact) mass is 303 g/mol. The minimum absolute atomic E-state index is 0.0527. The molecule has 120 valence electrons. The van der Waals surface area contributed by atoms with Crippen molar-refractivity contribution in [3.8, 4) is 0 Å². The fraction of sp³-hybridized carbons (Fsp3) is 0.647. The van der Waals surface area contributed by atoms with Crippen LogP contribution in [0.1, 0.15) is 26.2 Å². The number of nitrogens with zero attached hydrogens (tertiary/aromatic N) is 2. The molecule has 2 aliphatic rings. The molecule has 0 aliphatic carbocycles. The van der Waals surface area contributed by atoms with Gasteiger partial charge in [-0.3, -0.25) is 9.78 Å². The molecule has 5 heteroatoms. The van der Waals surface area contributed by atoms with Crippen LogP contribution in [0.15, 0.2) is 24.5 Å². The van der Waals surface area contributed by atoms with Gasteiger partial charge in [0.2, 0.25) is 5.91 Å². The third kappa shape index (κ3) is 3.65. The second-order valence-electron chi connectivity index (χ2n) is 6.38. The number of aromatic nitrogens is 1. The van der Waals surface area contributed by atoms with Crippen LogP contribution in [0.3, 0.4) is 0 Å². The number of amides is 1. The van der Waals surface area contributed by atoms with Gasteiger partial charge in [-0.1, -0.05) is 6.92 Å². The molecule has 0 unspecified atom stereocenters. The number of hydrogen-bond donors (Lipinski definition) is 1. The summed E-state index contributed by atoms with van der Waals surface area (Å²) in [5.74, 6) is 0.487. The number of anilines is 1. The largest absolute Gasteiger partial charge is 0.377 e. The van der Waals surface area contributed by atoms with Crippen LogP contribution in [0.25, 0.3) is 0 Å². The lowest BCUT2D eigenvalue weighted by atomic mass is 9.83. The lowest BCUT2D eigenvalue weighted by Gasteiger charge is -2.43. The van der Waals surface area contributed by atoms with Crippen molar-refractivity contribution in [3.05, 3.63) is 24.5 Å². The molecule has 1 amide bonds. The van der Waals surface area contributed by atoms with Gasteiger partial charge >= 0.3 is 0 Å². The first-order valence-corrected chi connectivity index (χ1v) is 8.31. The van der Waals surface area contributed by atoms with Gasteiger partial charge in [-0.05, 0) is 43.9 Å². The average molecular weight is 303 g/mol. The molecule has 1 aromatic rings. The maximum Gasteiger partial charge on any atom is 0.229 e. The van der Waals surface area contributed by atoms with Crippen LogP contribution in [0.2, 0.25) is 0 Å². The number of fused-ring (bicyclic) bond motifs is 1.